The maximum atomic E-state index is 12.9. The summed E-state index contributed by atoms with van der Waals surface area (Å²) in [5.41, 5.74) is 5.08. The van der Waals surface area contributed by atoms with E-state index in [0.717, 1.165) is 28.0 Å². The van der Waals surface area contributed by atoms with Gasteiger partial charge in [0.15, 0.2) is 0 Å². The van der Waals surface area contributed by atoms with Gasteiger partial charge in [0.1, 0.15) is 0 Å². The Labute approximate surface area is 142 Å². The van der Waals surface area contributed by atoms with Crippen LogP contribution in [0.1, 0.15) is 25.0 Å². The van der Waals surface area contributed by atoms with Gasteiger partial charge in [-0.25, -0.2) is 0 Å². The molecule has 1 aromatic rings. The van der Waals surface area contributed by atoms with Crippen molar-refractivity contribution >= 4 is 17.6 Å². The number of anilines is 1. The molecule has 2 bridgehead atoms. The molecule has 0 spiro atoms. The minimum Gasteiger partial charge on any atom is -0.481 e. The first-order valence-corrected chi connectivity index (χ1v) is 8.28. The van der Waals surface area contributed by atoms with Gasteiger partial charge < -0.3 is 10.4 Å². The van der Waals surface area contributed by atoms with E-state index in [-0.39, 0.29) is 17.7 Å². The zero-order chi connectivity index (χ0) is 17.6. The van der Waals surface area contributed by atoms with E-state index in [9.17, 15) is 14.7 Å². The van der Waals surface area contributed by atoms with Gasteiger partial charge in [-0.2, -0.15) is 0 Å². The highest BCUT2D eigenvalue weighted by atomic mass is 16.4. The van der Waals surface area contributed by atoms with Crippen LogP contribution in [0.15, 0.2) is 41.5 Å². The van der Waals surface area contributed by atoms with Gasteiger partial charge in [0.2, 0.25) is 5.91 Å². The number of fused-ring (bicyclic) bond motifs is 2. The molecular formula is C20H23NO3. The van der Waals surface area contributed by atoms with E-state index in [1.165, 1.54) is 0 Å². The number of rotatable bonds is 3. The maximum absolute atomic E-state index is 12.9. The summed E-state index contributed by atoms with van der Waals surface area (Å²) in [4.78, 5) is 24.7. The number of aryl methyl sites for hydroxylation is 1. The smallest absolute Gasteiger partial charge is 0.308 e. The fourth-order valence-corrected chi connectivity index (χ4v) is 4.14. The number of carboxylic acid groups (broad SMARTS) is 1. The number of nitrogens with one attached hydrogen (secondary N) is 1. The Morgan fingerprint density at radius 1 is 1.04 bits per heavy atom. The second kappa shape index (κ2) is 5.93. The number of amides is 1. The molecule has 126 valence electrons. The molecule has 2 aliphatic rings. The van der Waals surface area contributed by atoms with Gasteiger partial charge in [-0.3, -0.25) is 9.59 Å². The van der Waals surface area contributed by atoms with Crippen molar-refractivity contribution < 1.29 is 14.7 Å². The fourth-order valence-electron chi connectivity index (χ4n) is 4.14. The predicted molar refractivity (Wildman–Crippen MR) is 93.7 cm³/mol. The lowest BCUT2D eigenvalue weighted by Gasteiger charge is -2.24. The minimum absolute atomic E-state index is 0.105. The highest BCUT2D eigenvalue weighted by Crippen LogP contribution is 2.53. The van der Waals surface area contributed by atoms with Gasteiger partial charge in [-0.1, -0.05) is 35.4 Å². The van der Waals surface area contributed by atoms with Gasteiger partial charge in [0, 0.05) is 17.5 Å². The Morgan fingerprint density at radius 3 is 2.25 bits per heavy atom. The molecule has 1 amide bonds. The summed E-state index contributed by atoms with van der Waals surface area (Å²) in [6.45, 7) is 7.94. The highest BCUT2D eigenvalue weighted by molar-refractivity contribution is 5.97. The Bertz CT molecular complexity index is 771. The minimum atomic E-state index is -0.897. The van der Waals surface area contributed by atoms with Gasteiger partial charge in [-0.15, -0.1) is 0 Å². The topological polar surface area (TPSA) is 66.4 Å². The summed E-state index contributed by atoms with van der Waals surface area (Å²) in [6, 6.07) is 5.75. The molecule has 0 heterocycles. The molecule has 0 aromatic heterocycles. The number of hydrogen-bond acceptors (Lipinski definition) is 2. The van der Waals surface area contributed by atoms with Crippen LogP contribution in [-0.2, 0) is 9.59 Å². The summed E-state index contributed by atoms with van der Waals surface area (Å²) >= 11 is 0. The molecule has 4 atom stereocenters. The average molecular weight is 325 g/mol. The second-order valence-corrected chi connectivity index (χ2v) is 7.02. The lowest BCUT2D eigenvalue weighted by Crippen LogP contribution is -2.36. The summed E-state index contributed by atoms with van der Waals surface area (Å²) < 4.78 is 0. The molecule has 0 unspecified atom stereocenters. The highest BCUT2D eigenvalue weighted by Gasteiger charge is 2.54. The molecule has 1 aromatic carbocycles. The quantitative estimate of drug-likeness (QED) is 0.833. The van der Waals surface area contributed by atoms with Crippen molar-refractivity contribution in [2.45, 2.75) is 27.7 Å². The number of carboxylic acids is 1. The van der Waals surface area contributed by atoms with Crippen LogP contribution in [0.4, 0.5) is 5.69 Å². The second-order valence-electron chi connectivity index (χ2n) is 7.02. The first-order chi connectivity index (χ1) is 11.3. The number of hydrogen-bond donors (Lipinski definition) is 2. The number of allylic oxidation sites excluding steroid dienone is 4. The summed E-state index contributed by atoms with van der Waals surface area (Å²) in [6.07, 6.45) is 3.95. The van der Waals surface area contributed by atoms with Crippen LogP contribution in [0.3, 0.4) is 0 Å². The molecule has 0 saturated heterocycles. The molecular weight excluding hydrogens is 302 g/mol. The largest absolute Gasteiger partial charge is 0.481 e. The van der Waals surface area contributed by atoms with Crippen molar-refractivity contribution in [3.63, 3.8) is 0 Å². The van der Waals surface area contributed by atoms with Crippen LogP contribution in [-0.4, -0.2) is 17.0 Å². The van der Waals surface area contributed by atoms with Crippen molar-refractivity contribution in [2.75, 3.05) is 5.32 Å². The van der Waals surface area contributed by atoms with E-state index in [1.807, 2.05) is 58.0 Å². The molecule has 0 aliphatic heterocycles. The van der Waals surface area contributed by atoms with E-state index in [0.29, 0.717) is 0 Å². The third-order valence-corrected chi connectivity index (χ3v) is 5.43. The van der Waals surface area contributed by atoms with E-state index < -0.39 is 17.8 Å². The molecule has 2 N–H and O–H groups in total. The van der Waals surface area contributed by atoms with Gasteiger partial charge >= 0.3 is 5.97 Å². The van der Waals surface area contributed by atoms with Crippen LogP contribution in [0.25, 0.3) is 0 Å². The van der Waals surface area contributed by atoms with E-state index in [4.69, 9.17) is 0 Å². The molecule has 1 saturated carbocycles. The van der Waals surface area contributed by atoms with Crippen LogP contribution in [0.5, 0.6) is 0 Å². The van der Waals surface area contributed by atoms with Gasteiger partial charge in [0.25, 0.3) is 0 Å². The maximum Gasteiger partial charge on any atom is 0.308 e. The lowest BCUT2D eigenvalue weighted by atomic mass is 9.82. The summed E-state index contributed by atoms with van der Waals surface area (Å²) in [5, 5.41) is 12.6. The first kappa shape index (κ1) is 16.5. The van der Waals surface area contributed by atoms with E-state index in [2.05, 4.69) is 5.32 Å². The fraction of sp³-hybridized carbons (Fsp3) is 0.400. The van der Waals surface area contributed by atoms with Crippen LogP contribution in [0, 0.1) is 37.5 Å². The summed E-state index contributed by atoms with van der Waals surface area (Å²) in [7, 11) is 0. The zero-order valence-electron chi connectivity index (χ0n) is 14.5. The van der Waals surface area contributed by atoms with Gasteiger partial charge in [-0.05, 0) is 44.9 Å². The van der Waals surface area contributed by atoms with Gasteiger partial charge in [0.05, 0.1) is 11.8 Å². The first-order valence-electron chi connectivity index (χ1n) is 8.28. The monoisotopic (exact) mass is 325 g/mol. The number of benzene rings is 1. The lowest BCUT2D eigenvalue weighted by molar-refractivity contribution is -0.146. The van der Waals surface area contributed by atoms with Crippen LogP contribution >= 0.6 is 0 Å². The molecule has 24 heavy (non-hydrogen) atoms. The van der Waals surface area contributed by atoms with E-state index in [1.54, 1.807) is 0 Å². The molecule has 3 rings (SSSR count). The zero-order valence-corrected chi connectivity index (χ0v) is 14.5. The molecule has 2 aliphatic carbocycles. The van der Waals surface area contributed by atoms with Crippen LogP contribution in [0.2, 0.25) is 0 Å². The molecule has 4 heteroatoms. The van der Waals surface area contributed by atoms with Crippen molar-refractivity contribution in [1.29, 1.82) is 0 Å². The van der Waals surface area contributed by atoms with E-state index >= 15 is 0 Å². The van der Waals surface area contributed by atoms with Crippen molar-refractivity contribution in [3.8, 4) is 0 Å². The number of aliphatic carboxylic acids is 1. The molecule has 1 fully saturated rings. The Kier molecular flexibility index (Phi) is 4.08. The molecule has 0 radical (unpaired) electrons. The normalized spacial score (nSPS) is 27.4. The third-order valence-electron chi connectivity index (χ3n) is 5.43. The molecule has 4 nitrogen and oxygen atoms in total. The Morgan fingerprint density at radius 2 is 1.67 bits per heavy atom. The SMILES string of the molecule is CC(C)=C1[C@H]2C=C[C@@H]1[C@@H](C(=O)Nc1cccc(C)c1C)[C@@H]2C(=O)O. The Hall–Kier alpha value is -2.36. The number of carbonyl (C=O) groups excluding carboxylic acids is 1. The summed E-state index contributed by atoms with van der Waals surface area (Å²) in [5.74, 6) is -2.60. The standard InChI is InChI=1S/C20H23NO3/c1-10(2)16-13-8-9-14(16)18(20(23)24)17(13)19(22)21-15-7-5-6-11(3)12(15)4/h5-9,13-14,17-18H,1-4H3,(H,21,22)(H,23,24)/t13-,14+,17+,18+/m0/s1. The van der Waals surface area contributed by atoms with Crippen molar-refractivity contribution in [3.05, 3.63) is 52.6 Å². The van der Waals surface area contributed by atoms with Crippen molar-refractivity contribution in [2.24, 2.45) is 23.7 Å². The van der Waals surface area contributed by atoms with Crippen LogP contribution < -0.4 is 5.32 Å². The van der Waals surface area contributed by atoms with Crippen molar-refractivity contribution in [1.82, 2.24) is 0 Å². The Balaban J connectivity index is 1.94. The third kappa shape index (κ3) is 2.46. The number of carbonyl (C=O) groups is 2. The average Bonchev–Trinajstić information content (AvgIpc) is 3.07. The predicted octanol–water partition coefficient (Wildman–Crippen LogP) is 3.71.